The van der Waals surface area contributed by atoms with Gasteiger partial charge in [-0.25, -0.2) is 8.42 Å². The Balaban J connectivity index is 1.44. The molecule has 0 amide bonds. The largest absolute Gasteiger partial charge is 0.379 e. The maximum atomic E-state index is 13.7. The summed E-state index contributed by atoms with van der Waals surface area (Å²) in [6, 6.07) is 18.6. The lowest BCUT2D eigenvalue weighted by molar-refractivity contribution is -0.0469. The third kappa shape index (κ3) is 4.67. The molecule has 7 nitrogen and oxygen atoms in total. The maximum Gasteiger partial charge on any atom is 0.243 e. The van der Waals surface area contributed by atoms with E-state index in [1.165, 1.54) is 0 Å². The van der Waals surface area contributed by atoms with E-state index in [0.29, 0.717) is 18.0 Å². The smallest absolute Gasteiger partial charge is 0.243 e. The van der Waals surface area contributed by atoms with Gasteiger partial charge < -0.3 is 9.47 Å². The summed E-state index contributed by atoms with van der Waals surface area (Å²) in [6.45, 7) is 6.16. The summed E-state index contributed by atoms with van der Waals surface area (Å²) in [5, 5.41) is 0.179. The highest BCUT2D eigenvalue weighted by Gasteiger charge is 2.54. The summed E-state index contributed by atoms with van der Waals surface area (Å²) in [5.74, 6) is 0. The van der Waals surface area contributed by atoms with Crippen LogP contribution in [0, 0.1) is 0 Å². The number of hydrogen-bond acceptors (Lipinski definition) is 7. The third-order valence-electron chi connectivity index (χ3n) is 7.14. The van der Waals surface area contributed by atoms with Crippen molar-refractivity contribution in [3.63, 3.8) is 0 Å². The number of ether oxygens (including phenoxy) is 2. The zero-order valence-corrected chi connectivity index (χ0v) is 21.3. The van der Waals surface area contributed by atoms with Crippen molar-refractivity contribution in [2.75, 3.05) is 39.9 Å². The van der Waals surface area contributed by atoms with E-state index in [1.807, 2.05) is 55.1 Å². The first-order chi connectivity index (χ1) is 16.5. The van der Waals surface area contributed by atoms with Crippen molar-refractivity contribution in [2.24, 2.45) is 0 Å². The molecule has 3 fully saturated rings. The number of morpholine rings is 1. The van der Waals surface area contributed by atoms with Gasteiger partial charge in [-0.2, -0.15) is 4.31 Å². The Kier molecular flexibility index (Phi) is 7.32. The Morgan fingerprint density at radius 3 is 2.35 bits per heavy atom. The van der Waals surface area contributed by atoms with E-state index >= 15 is 0 Å². The lowest BCUT2D eigenvalue weighted by atomic mass is 9.97. The normalized spacial score (nSPS) is 31.4. The Labute approximate surface area is 207 Å². The van der Waals surface area contributed by atoms with Crippen LogP contribution in [0.25, 0.3) is 0 Å². The molecule has 5 atom stereocenters. The number of benzene rings is 2. The van der Waals surface area contributed by atoms with Crippen LogP contribution in [0.5, 0.6) is 0 Å². The molecule has 5 rings (SSSR count). The van der Waals surface area contributed by atoms with Crippen molar-refractivity contribution in [3.8, 4) is 0 Å². The molecule has 0 radical (unpaired) electrons. The highest BCUT2D eigenvalue weighted by atomic mass is 32.2. The van der Waals surface area contributed by atoms with Crippen molar-refractivity contribution in [3.05, 3.63) is 66.2 Å². The summed E-state index contributed by atoms with van der Waals surface area (Å²) in [4.78, 5) is 5.13. The first-order valence-corrected chi connectivity index (χ1v) is 14.3. The van der Waals surface area contributed by atoms with Gasteiger partial charge in [0.25, 0.3) is 0 Å². The molecule has 184 valence electrons. The van der Waals surface area contributed by atoms with Crippen molar-refractivity contribution >= 4 is 21.8 Å². The van der Waals surface area contributed by atoms with E-state index in [4.69, 9.17) is 9.47 Å². The average molecular weight is 504 g/mol. The number of sulfonamides is 1. The zero-order chi connectivity index (χ0) is 23.7. The van der Waals surface area contributed by atoms with Crippen LogP contribution in [0.1, 0.15) is 12.5 Å². The van der Waals surface area contributed by atoms with E-state index in [-0.39, 0.29) is 28.9 Å². The van der Waals surface area contributed by atoms with Gasteiger partial charge in [-0.05, 0) is 31.7 Å². The quantitative estimate of drug-likeness (QED) is 0.601. The summed E-state index contributed by atoms with van der Waals surface area (Å²) >= 11 is 1.91. The molecule has 3 aliphatic rings. The fraction of sp³-hybridized carbons (Fsp3) is 0.520. The fourth-order valence-electron chi connectivity index (χ4n) is 5.23. The Morgan fingerprint density at radius 2 is 1.68 bits per heavy atom. The first-order valence-electron chi connectivity index (χ1n) is 11.9. The number of fused-ring (bicyclic) bond motifs is 1. The van der Waals surface area contributed by atoms with Crippen molar-refractivity contribution in [2.45, 2.75) is 47.4 Å². The number of likely N-dealkylation sites (N-methyl/N-ethyl adjacent to an activating group) is 1. The first kappa shape index (κ1) is 24.2. The van der Waals surface area contributed by atoms with Crippen LogP contribution in [0.3, 0.4) is 0 Å². The van der Waals surface area contributed by atoms with Crippen LogP contribution in [0.4, 0.5) is 0 Å². The third-order valence-corrected chi connectivity index (χ3v) is 10.9. The van der Waals surface area contributed by atoms with E-state index in [9.17, 15) is 8.42 Å². The van der Waals surface area contributed by atoms with Gasteiger partial charge in [0.15, 0.2) is 0 Å². The second kappa shape index (κ2) is 10.3. The van der Waals surface area contributed by atoms with Crippen LogP contribution >= 0.6 is 11.8 Å². The zero-order valence-electron chi connectivity index (χ0n) is 19.7. The molecule has 2 aromatic carbocycles. The minimum absolute atomic E-state index is 0.0632. The van der Waals surface area contributed by atoms with Crippen molar-refractivity contribution in [1.82, 2.24) is 14.1 Å². The summed E-state index contributed by atoms with van der Waals surface area (Å²) in [6.07, 6.45) is -0.226. The van der Waals surface area contributed by atoms with Gasteiger partial charge in [-0.1, -0.05) is 48.5 Å². The molecule has 0 aromatic heterocycles. The van der Waals surface area contributed by atoms with Gasteiger partial charge in [0.1, 0.15) is 5.50 Å². The van der Waals surface area contributed by atoms with Crippen LogP contribution in [-0.2, 0) is 26.1 Å². The molecule has 0 aliphatic carbocycles. The number of piperidine rings is 1. The van der Waals surface area contributed by atoms with Gasteiger partial charge in [-0.15, -0.1) is 11.8 Å². The van der Waals surface area contributed by atoms with E-state index in [0.717, 1.165) is 31.9 Å². The average Bonchev–Trinajstić information content (AvgIpc) is 3.20. The van der Waals surface area contributed by atoms with E-state index < -0.39 is 10.0 Å². The summed E-state index contributed by atoms with van der Waals surface area (Å²) in [5.41, 5.74) is 1.28. The standard InChI is InChI=1S/C25H33N3O4S2/c1-19-23(32-18-20-9-5-3-6-10-20)24-22(26(2)25(33-24)27-13-15-31-16-14-27)17-28(19)34(29,30)21-11-7-4-8-12-21/h3-12,19,22-25H,13-18H2,1-2H3/t19-,22-,23+,24-,25?/m0/s1. The molecule has 3 aliphatic heterocycles. The van der Waals surface area contributed by atoms with Crippen molar-refractivity contribution in [1.29, 1.82) is 0 Å². The summed E-state index contributed by atoms with van der Waals surface area (Å²) < 4.78 is 41.2. The monoisotopic (exact) mass is 503 g/mol. The highest BCUT2D eigenvalue weighted by molar-refractivity contribution is 8.00. The fourth-order valence-corrected chi connectivity index (χ4v) is 8.84. The van der Waals surface area contributed by atoms with Crippen LogP contribution in [0.15, 0.2) is 65.6 Å². The number of rotatable bonds is 6. The molecule has 1 unspecified atom stereocenters. The van der Waals surface area contributed by atoms with Gasteiger partial charge in [-0.3, -0.25) is 9.80 Å². The second-order valence-corrected chi connectivity index (χ2v) is 12.3. The Hall–Kier alpha value is -1.46. The molecule has 9 heteroatoms. The minimum atomic E-state index is -3.65. The van der Waals surface area contributed by atoms with Gasteiger partial charge in [0.05, 0.1) is 36.1 Å². The molecule has 3 saturated heterocycles. The SMILES string of the molecule is C[C@H]1[C@@H](OCc2ccccc2)[C@H]2SC(N3CCOCC3)N(C)[C@H]2CN1S(=O)(=O)c1ccccc1. The van der Waals surface area contributed by atoms with E-state index in [1.54, 1.807) is 28.6 Å². The van der Waals surface area contributed by atoms with Gasteiger partial charge >= 0.3 is 0 Å². The molecule has 2 aromatic rings. The highest BCUT2D eigenvalue weighted by Crippen LogP contribution is 2.45. The molecule has 0 spiro atoms. The molecule has 34 heavy (non-hydrogen) atoms. The van der Waals surface area contributed by atoms with Crippen LogP contribution in [0.2, 0.25) is 0 Å². The molecular weight excluding hydrogens is 470 g/mol. The topological polar surface area (TPSA) is 62.3 Å². The lowest BCUT2D eigenvalue weighted by Crippen LogP contribution is -2.62. The molecule has 3 heterocycles. The Bertz CT molecular complexity index is 1050. The molecule has 0 N–H and O–H groups in total. The predicted molar refractivity (Wildman–Crippen MR) is 134 cm³/mol. The maximum absolute atomic E-state index is 13.7. The molecular formula is C25H33N3O4S2. The number of hydrogen-bond donors (Lipinski definition) is 0. The molecule has 0 bridgehead atoms. The minimum Gasteiger partial charge on any atom is -0.379 e. The van der Waals surface area contributed by atoms with Gasteiger partial charge in [0, 0.05) is 31.7 Å². The predicted octanol–water partition coefficient (Wildman–Crippen LogP) is 2.70. The lowest BCUT2D eigenvalue weighted by Gasteiger charge is -2.45. The number of nitrogens with zero attached hydrogens (tertiary/aromatic N) is 3. The van der Waals surface area contributed by atoms with Crippen LogP contribution in [-0.4, -0.2) is 91.4 Å². The van der Waals surface area contributed by atoms with Gasteiger partial charge in [0.2, 0.25) is 10.0 Å². The molecule has 0 saturated carbocycles. The second-order valence-electron chi connectivity index (χ2n) is 9.20. The van der Waals surface area contributed by atoms with Crippen molar-refractivity contribution < 1.29 is 17.9 Å². The summed E-state index contributed by atoms with van der Waals surface area (Å²) in [7, 11) is -1.53. The number of thioether (sulfide) groups is 1. The van der Waals surface area contributed by atoms with E-state index in [2.05, 4.69) is 16.8 Å². The van der Waals surface area contributed by atoms with Crippen LogP contribution < -0.4 is 0 Å². The Morgan fingerprint density at radius 1 is 1.03 bits per heavy atom.